The maximum Gasteiger partial charge on any atom is 0.241 e. The molecule has 1 saturated carbocycles. The van der Waals surface area contributed by atoms with E-state index in [2.05, 4.69) is 9.97 Å². The highest BCUT2D eigenvalue weighted by Gasteiger charge is 2.46. The van der Waals surface area contributed by atoms with Gasteiger partial charge in [0, 0.05) is 30.7 Å². The fraction of sp³-hybridized carbons (Fsp3) is 0.400. The molecular weight excluding hydrogens is 501 g/mol. The van der Waals surface area contributed by atoms with Crippen molar-refractivity contribution in [3.63, 3.8) is 0 Å². The second kappa shape index (κ2) is 12.5. The Kier molecular flexibility index (Phi) is 8.71. The van der Waals surface area contributed by atoms with Crippen molar-refractivity contribution in [2.45, 2.75) is 44.6 Å². The topological polar surface area (TPSA) is 76.9 Å². The number of hydrogen-bond donors (Lipinski definition) is 0. The van der Waals surface area contributed by atoms with Crippen LogP contribution in [0.15, 0.2) is 67.1 Å². The average molecular weight is 536 g/mol. The van der Waals surface area contributed by atoms with Gasteiger partial charge in [0.1, 0.15) is 30.5 Å². The SMILES string of the molecule is COC[C@H]1C[C@@H](c2cn(COCc3ccccc3)c3c(OC)ncnc23)[C@H](F)[C@@H]1OCc1ccc(OC)cc1. The number of fused-ring (bicyclic) bond motifs is 1. The second-order valence-electron chi connectivity index (χ2n) is 9.72. The van der Waals surface area contributed by atoms with Crippen molar-refractivity contribution < 1.29 is 28.1 Å². The van der Waals surface area contributed by atoms with Gasteiger partial charge in [-0.1, -0.05) is 42.5 Å². The Hall–Kier alpha value is -3.53. The molecule has 0 unspecified atom stereocenters. The summed E-state index contributed by atoms with van der Waals surface area (Å²) in [6, 6.07) is 17.5. The zero-order valence-electron chi connectivity index (χ0n) is 22.5. The summed E-state index contributed by atoms with van der Waals surface area (Å²) >= 11 is 0. The zero-order valence-corrected chi connectivity index (χ0v) is 22.5. The van der Waals surface area contributed by atoms with E-state index in [0.29, 0.717) is 43.2 Å². The summed E-state index contributed by atoms with van der Waals surface area (Å²) in [5.74, 6) is 0.652. The summed E-state index contributed by atoms with van der Waals surface area (Å²) < 4.78 is 46.5. The van der Waals surface area contributed by atoms with Gasteiger partial charge < -0.3 is 28.3 Å². The smallest absolute Gasteiger partial charge is 0.241 e. The number of ether oxygens (including phenoxy) is 5. The third-order valence-electron chi connectivity index (χ3n) is 7.28. The maximum atomic E-state index is 16.2. The van der Waals surface area contributed by atoms with Crippen LogP contribution in [-0.4, -0.2) is 54.7 Å². The van der Waals surface area contributed by atoms with Gasteiger partial charge in [0.15, 0.2) is 0 Å². The van der Waals surface area contributed by atoms with E-state index in [4.69, 9.17) is 23.7 Å². The highest BCUT2D eigenvalue weighted by molar-refractivity contribution is 5.84. The van der Waals surface area contributed by atoms with Crippen molar-refractivity contribution in [1.82, 2.24) is 14.5 Å². The molecule has 206 valence electrons. The molecule has 0 aliphatic heterocycles. The minimum Gasteiger partial charge on any atom is -0.497 e. The van der Waals surface area contributed by atoms with E-state index in [1.54, 1.807) is 21.3 Å². The van der Waals surface area contributed by atoms with E-state index >= 15 is 4.39 Å². The first kappa shape index (κ1) is 27.1. The Morgan fingerprint density at radius 3 is 2.41 bits per heavy atom. The van der Waals surface area contributed by atoms with Crippen molar-refractivity contribution in [3.8, 4) is 11.6 Å². The number of methoxy groups -OCH3 is 3. The number of benzene rings is 2. The van der Waals surface area contributed by atoms with Gasteiger partial charge in [-0.2, -0.15) is 4.98 Å². The van der Waals surface area contributed by atoms with Crippen molar-refractivity contribution in [2.24, 2.45) is 5.92 Å². The lowest BCUT2D eigenvalue weighted by Crippen LogP contribution is -2.29. The summed E-state index contributed by atoms with van der Waals surface area (Å²) in [5.41, 5.74) is 4.15. The predicted octanol–water partition coefficient (Wildman–Crippen LogP) is 5.30. The van der Waals surface area contributed by atoms with Gasteiger partial charge in [0.25, 0.3) is 0 Å². The van der Waals surface area contributed by atoms with Crippen molar-refractivity contribution in [3.05, 3.63) is 83.8 Å². The predicted molar refractivity (Wildman–Crippen MR) is 145 cm³/mol. The monoisotopic (exact) mass is 535 g/mol. The van der Waals surface area contributed by atoms with Gasteiger partial charge in [-0.25, -0.2) is 9.37 Å². The van der Waals surface area contributed by atoms with Gasteiger partial charge in [0.05, 0.1) is 45.7 Å². The molecular formula is C30H34FN3O5. The van der Waals surface area contributed by atoms with Crippen LogP contribution in [-0.2, 0) is 34.2 Å². The van der Waals surface area contributed by atoms with Crippen molar-refractivity contribution in [2.75, 3.05) is 27.9 Å². The largest absolute Gasteiger partial charge is 0.497 e. The lowest BCUT2D eigenvalue weighted by atomic mass is 9.97. The molecule has 4 atom stereocenters. The third-order valence-corrected chi connectivity index (χ3v) is 7.28. The van der Waals surface area contributed by atoms with E-state index in [9.17, 15) is 0 Å². The highest BCUT2D eigenvalue weighted by atomic mass is 19.1. The molecule has 0 radical (unpaired) electrons. The highest BCUT2D eigenvalue weighted by Crippen LogP contribution is 2.45. The van der Waals surface area contributed by atoms with Gasteiger partial charge in [-0.3, -0.25) is 0 Å². The molecule has 0 saturated heterocycles. The lowest BCUT2D eigenvalue weighted by Gasteiger charge is -2.21. The molecule has 2 aromatic carbocycles. The number of alkyl halides is 1. The number of hydrogen-bond acceptors (Lipinski definition) is 7. The Balaban J connectivity index is 1.38. The molecule has 39 heavy (non-hydrogen) atoms. The van der Waals surface area contributed by atoms with Gasteiger partial charge in [-0.15, -0.1) is 0 Å². The molecule has 9 heteroatoms. The summed E-state index contributed by atoms with van der Waals surface area (Å²) in [6.07, 6.45) is 2.08. The first-order chi connectivity index (χ1) is 19.1. The van der Waals surface area contributed by atoms with Crippen LogP contribution in [0.5, 0.6) is 11.6 Å². The second-order valence-corrected chi connectivity index (χ2v) is 9.72. The Labute approximate surface area is 227 Å². The zero-order chi connectivity index (χ0) is 27.2. The minimum atomic E-state index is -1.24. The van der Waals surface area contributed by atoms with Gasteiger partial charge >= 0.3 is 0 Å². The van der Waals surface area contributed by atoms with Crippen LogP contribution in [0, 0.1) is 5.92 Å². The molecule has 8 nitrogen and oxygen atoms in total. The van der Waals surface area contributed by atoms with Crippen LogP contribution in [0.4, 0.5) is 4.39 Å². The van der Waals surface area contributed by atoms with E-state index in [-0.39, 0.29) is 12.6 Å². The fourth-order valence-electron chi connectivity index (χ4n) is 5.38. The number of rotatable bonds is 12. The number of halogens is 1. The quantitative estimate of drug-likeness (QED) is 0.244. The number of nitrogens with zero attached hydrogens (tertiary/aromatic N) is 3. The van der Waals surface area contributed by atoms with Crippen molar-refractivity contribution in [1.29, 1.82) is 0 Å². The summed E-state index contributed by atoms with van der Waals surface area (Å²) in [4.78, 5) is 8.83. The average Bonchev–Trinajstić information content (AvgIpc) is 3.49. The van der Waals surface area contributed by atoms with Crippen LogP contribution < -0.4 is 9.47 Å². The summed E-state index contributed by atoms with van der Waals surface area (Å²) in [5, 5.41) is 0. The summed E-state index contributed by atoms with van der Waals surface area (Å²) in [7, 11) is 4.82. The van der Waals surface area contributed by atoms with Crippen LogP contribution in [0.1, 0.15) is 29.0 Å². The first-order valence-electron chi connectivity index (χ1n) is 13.0. The standard InChI is InChI=1S/C30H34FN3O5/c1-35-17-22-13-24(26(31)29(22)39-16-21-9-11-23(36-2)12-10-21)25-14-34(19-38-15-20-7-5-4-6-8-20)28-27(25)32-18-33-30(28)37-3/h4-12,14,18,22,24,26,29H,13,15-17,19H2,1-3H3/t22-,24+,26+,29-/m1/s1. The Morgan fingerprint density at radius 1 is 0.923 bits per heavy atom. The maximum absolute atomic E-state index is 16.2. The molecule has 0 bridgehead atoms. The molecule has 0 spiro atoms. The molecule has 1 aliphatic rings. The van der Waals surface area contributed by atoms with Crippen LogP contribution >= 0.6 is 0 Å². The molecule has 0 amide bonds. The van der Waals surface area contributed by atoms with Gasteiger partial charge in [0.2, 0.25) is 5.88 Å². The minimum absolute atomic E-state index is 0.107. The van der Waals surface area contributed by atoms with Crippen LogP contribution in [0.25, 0.3) is 11.0 Å². The van der Waals surface area contributed by atoms with E-state index < -0.39 is 18.2 Å². The molecule has 1 aliphatic carbocycles. The molecule has 2 aromatic heterocycles. The van der Waals surface area contributed by atoms with E-state index in [0.717, 1.165) is 22.4 Å². The van der Waals surface area contributed by atoms with Crippen molar-refractivity contribution >= 4 is 11.0 Å². The summed E-state index contributed by atoms with van der Waals surface area (Å²) in [6.45, 7) is 1.39. The Bertz CT molecular complexity index is 1350. The number of aromatic nitrogens is 3. The normalized spacial score (nSPS) is 20.9. The lowest BCUT2D eigenvalue weighted by molar-refractivity contribution is -0.0393. The van der Waals surface area contributed by atoms with Crippen LogP contribution in [0.3, 0.4) is 0 Å². The van der Waals surface area contributed by atoms with Crippen LogP contribution in [0.2, 0.25) is 0 Å². The third kappa shape index (κ3) is 5.90. The fourth-order valence-corrected chi connectivity index (χ4v) is 5.38. The molecule has 1 fully saturated rings. The van der Waals surface area contributed by atoms with E-state index in [1.165, 1.54) is 6.33 Å². The van der Waals surface area contributed by atoms with Gasteiger partial charge in [-0.05, 0) is 29.7 Å². The molecule has 0 N–H and O–H groups in total. The molecule has 2 heterocycles. The first-order valence-corrected chi connectivity index (χ1v) is 13.0. The molecule has 5 rings (SSSR count). The Morgan fingerprint density at radius 2 is 1.69 bits per heavy atom. The molecule has 4 aromatic rings. The van der Waals surface area contributed by atoms with E-state index in [1.807, 2.05) is 65.4 Å².